The zero-order valence-corrected chi connectivity index (χ0v) is 11.8. The number of rotatable bonds is 10. The van der Waals surface area contributed by atoms with Crippen LogP contribution in [0.3, 0.4) is 0 Å². The number of methoxy groups -OCH3 is 1. The Hall–Kier alpha value is -1.34. The van der Waals surface area contributed by atoms with Gasteiger partial charge >= 0.3 is 12.0 Å². The fourth-order valence-corrected chi connectivity index (χ4v) is 1.21. The van der Waals surface area contributed by atoms with Gasteiger partial charge in [0.1, 0.15) is 0 Å². The summed E-state index contributed by atoms with van der Waals surface area (Å²) < 4.78 is 10.0. The Morgan fingerprint density at radius 3 is 2.47 bits per heavy atom. The zero-order chi connectivity index (χ0) is 14.7. The molecule has 0 spiro atoms. The number of carboxylic acids is 1. The van der Waals surface area contributed by atoms with Gasteiger partial charge in [-0.15, -0.1) is 0 Å². The highest BCUT2D eigenvalue weighted by molar-refractivity contribution is 5.76. The van der Waals surface area contributed by atoms with Gasteiger partial charge in [-0.1, -0.05) is 13.8 Å². The third-order valence-corrected chi connectivity index (χ3v) is 2.21. The van der Waals surface area contributed by atoms with Gasteiger partial charge in [0, 0.05) is 26.9 Å². The Morgan fingerprint density at radius 1 is 1.26 bits per heavy atom. The van der Waals surface area contributed by atoms with Crippen LogP contribution in [-0.2, 0) is 14.3 Å². The van der Waals surface area contributed by atoms with Crippen molar-refractivity contribution in [2.75, 3.05) is 33.4 Å². The molecule has 1 atom stereocenters. The molecule has 112 valence electrons. The second-order valence-electron chi connectivity index (χ2n) is 4.52. The summed E-state index contributed by atoms with van der Waals surface area (Å²) in [4.78, 5) is 21.9. The summed E-state index contributed by atoms with van der Waals surface area (Å²) in [7, 11) is 1.28. The molecular weight excluding hydrogens is 252 g/mol. The normalized spacial score (nSPS) is 12.2. The van der Waals surface area contributed by atoms with Crippen LogP contribution >= 0.6 is 0 Å². The first kappa shape index (κ1) is 17.7. The Morgan fingerprint density at radius 2 is 1.95 bits per heavy atom. The van der Waals surface area contributed by atoms with E-state index in [0.717, 1.165) is 0 Å². The molecule has 0 rings (SSSR count). The molecule has 0 heterocycles. The molecular formula is C12H24N2O5. The summed E-state index contributed by atoms with van der Waals surface area (Å²) in [6.07, 6.45) is -0.313. The van der Waals surface area contributed by atoms with E-state index >= 15 is 0 Å². The molecule has 3 N–H and O–H groups in total. The van der Waals surface area contributed by atoms with Crippen molar-refractivity contribution >= 4 is 12.0 Å². The largest absolute Gasteiger partial charge is 0.479 e. The zero-order valence-electron chi connectivity index (χ0n) is 11.8. The molecule has 7 nitrogen and oxygen atoms in total. The van der Waals surface area contributed by atoms with Crippen LogP contribution in [0.2, 0.25) is 0 Å². The third kappa shape index (κ3) is 10.3. The van der Waals surface area contributed by atoms with Crippen LogP contribution in [0, 0.1) is 5.92 Å². The van der Waals surface area contributed by atoms with Crippen molar-refractivity contribution in [3.05, 3.63) is 0 Å². The average molecular weight is 276 g/mol. The van der Waals surface area contributed by atoms with Crippen molar-refractivity contribution in [2.24, 2.45) is 5.92 Å². The molecule has 0 fully saturated rings. The first-order valence-corrected chi connectivity index (χ1v) is 6.32. The lowest BCUT2D eigenvalue weighted by Crippen LogP contribution is -2.43. The minimum atomic E-state index is -1.11. The lowest BCUT2D eigenvalue weighted by Gasteiger charge is -2.12. The maximum Gasteiger partial charge on any atom is 0.334 e. The van der Waals surface area contributed by atoms with Crippen molar-refractivity contribution in [3.8, 4) is 0 Å². The van der Waals surface area contributed by atoms with Gasteiger partial charge in [0.2, 0.25) is 0 Å². The van der Waals surface area contributed by atoms with Gasteiger partial charge in [-0.25, -0.2) is 9.59 Å². The lowest BCUT2D eigenvalue weighted by atomic mass is 10.2. The number of amides is 2. The average Bonchev–Trinajstić information content (AvgIpc) is 2.33. The molecule has 0 radical (unpaired) electrons. The maximum atomic E-state index is 11.3. The standard InChI is InChI=1S/C12H24N2O5/c1-9(2)8-19-6-4-5-13-12(17)14-7-10(18-3)11(15)16/h9-10H,4-8H2,1-3H3,(H,15,16)(H2,13,14,17). The van der Waals surface area contributed by atoms with E-state index in [2.05, 4.69) is 29.2 Å². The van der Waals surface area contributed by atoms with Gasteiger partial charge in [0.05, 0.1) is 6.54 Å². The first-order chi connectivity index (χ1) is 8.97. The molecule has 0 saturated carbocycles. The summed E-state index contributed by atoms with van der Waals surface area (Å²) in [6, 6.07) is -0.410. The van der Waals surface area contributed by atoms with Gasteiger partial charge in [-0.05, 0) is 12.3 Å². The van der Waals surface area contributed by atoms with Crippen LogP contribution in [0.25, 0.3) is 0 Å². The van der Waals surface area contributed by atoms with E-state index in [1.54, 1.807) is 0 Å². The summed E-state index contributed by atoms with van der Waals surface area (Å²) in [6.45, 7) is 5.85. The summed E-state index contributed by atoms with van der Waals surface area (Å²) >= 11 is 0. The number of hydrogen-bond acceptors (Lipinski definition) is 4. The van der Waals surface area contributed by atoms with E-state index in [-0.39, 0.29) is 6.54 Å². The molecule has 0 saturated heterocycles. The van der Waals surface area contributed by atoms with Crippen molar-refractivity contribution in [3.63, 3.8) is 0 Å². The van der Waals surface area contributed by atoms with Crippen LogP contribution < -0.4 is 10.6 Å². The quantitative estimate of drug-likeness (QED) is 0.503. The minimum Gasteiger partial charge on any atom is -0.479 e. The number of carboxylic acid groups (broad SMARTS) is 1. The van der Waals surface area contributed by atoms with Crippen LogP contribution in [0.15, 0.2) is 0 Å². The summed E-state index contributed by atoms with van der Waals surface area (Å²) in [5, 5.41) is 13.7. The number of aliphatic carboxylic acids is 1. The Bertz CT molecular complexity index is 271. The van der Waals surface area contributed by atoms with Crippen molar-refractivity contribution in [1.29, 1.82) is 0 Å². The highest BCUT2D eigenvalue weighted by Gasteiger charge is 2.16. The van der Waals surface area contributed by atoms with Crippen molar-refractivity contribution in [1.82, 2.24) is 10.6 Å². The van der Waals surface area contributed by atoms with Crippen LogP contribution in [0.4, 0.5) is 4.79 Å². The lowest BCUT2D eigenvalue weighted by molar-refractivity contribution is -0.147. The van der Waals surface area contributed by atoms with Crippen LogP contribution in [0.5, 0.6) is 0 Å². The van der Waals surface area contributed by atoms with E-state index < -0.39 is 18.1 Å². The summed E-state index contributed by atoms with van der Waals surface area (Å²) in [5.74, 6) is -0.608. The topological polar surface area (TPSA) is 96.9 Å². The Kier molecular flexibility index (Phi) is 9.82. The van der Waals surface area contributed by atoms with Crippen LogP contribution in [-0.4, -0.2) is 56.6 Å². The number of ether oxygens (including phenoxy) is 2. The number of urea groups is 1. The van der Waals surface area contributed by atoms with Gasteiger partial charge < -0.3 is 25.2 Å². The molecule has 19 heavy (non-hydrogen) atoms. The van der Waals surface area contributed by atoms with E-state index in [1.165, 1.54) is 7.11 Å². The van der Waals surface area contributed by atoms with E-state index in [9.17, 15) is 9.59 Å². The minimum absolute atomic E-state index is 0.0679. The molecule has 2 amide bonds. The molecule has 0 aromatic rings. The van der Waals surface area contributed by atoms with E-state index in [0.29, 0.717) is 32.1 Å². The van der Waals surface area contributed by atoms with Crippen molar-refractivity contribution in [2.45, 2.75) is 26.4 Å². The molecule has 0 aromatic carbocycles. The van der Waals surface area contributed by atoms with Gasteiger partial charge in [0.15, 0.2) is 6.10 Å². The highest BCUT2D eigenvalue weighted by Crippen LogP contribution is 1.93. The second kappa shape index (κ2) is 10.6. The predicted molar refractivity (Wildman–Crippen MR) is 70.1 cm³/mol. The van der Waals surface area contributed by atoms with Gasteiger partial charge in [0.25, 0.3) is 0 Å². The number of carbonyl (C=O) groups is 2. The van der Waals surface area contributed by atoms with Crippen molar-refractivity contribution < 1.29 is 24.2 Å². The predicted octanol–water partition coefficient (Wildman–Crippen LogP) is 0.448. The maximum absolute atomic E-state index is 11.3. The smallest absolute Gasteiger partial charge is 0.334 e. The number of nitrogens with one attached hydrogen (secondary N) is 2. The van der Waals surface area contributed by atoms with E-state index in [1.807, 2.05) is 0 Å². The van der Waals surface area contributed by atoms with Gasteiger partial charge in [-0.2, -0.15) is 0 Å². The SMILES string of the molecule is COC(CNC(=O)NCCCOCC(C)C)C(=O)O. The number of hydrogen-bond donors (Lipinski definition) is 3. The monoisotopic (exact) mass is 276 g/mol. The summed E-state index contributed by atoms with van der Waals surface area (Å²) in [5.41, 5.74) is 0. The molecule has 7 heteroatoms. The van der Waals surface area contributed by atoms with Crippen LogP contribution in [0.1, 0.15) is 20.3 Å². The molecule has 1 unspecified atom stereocenters. The van der Waals surface area contributed by atoms with Gasteiger partial charge in [-0.3, -0.25) is 0 Å². The molecule has 0 aromatic heterocycles. The third-order valence-electron chi connectivity index (χ3n) is 2.21. The Labute approximate surface area is 113 Å². The van der Waals surface area contributed by atoms with E-state index in [4.69, 9.17) is 9.84 Å². The first-order valence-electron chi connectivity index (χ1n) is 6.32. The molecule has 0 aliphatic heterocycles. The Balaban J connectivity index is 3.52. The molecule has 0 aliphatic rings. The highest BCUT2D eigenvalue weighted by atomic mass is 16.5. The fourth-order valence-electron chi connectivity index (χ4n) is 1.21. The molecule has 0 bridgehead atoms. The number of carbonyl (C=O) groups excluding carboxylic acids is 1. The second-order valence-corrected chi connectivity index (χ2v) is 4.52. The fraction of sp³-hybridized carbons (Fsp3) is 0.833. The molecule has 0 aliphatic carbocycles.